The molecule has 1 atom stereocenters. The number of benzene rings is 2. The molecule has 1 saturated heterocycles. The number of aromatic amines is 1. The molecule has 1 saturated carbocycles. The van der Waals surface area contributed by atoms with Gasteiger partial charge in [0.2, 0.25) is 0 Å². The minimum Gasteiger partial charge on any atom is -0.358 e. The van der Waals surface area contributed by atoms with Crippen LogP contribution < -0.4 is 10.6 Å². The summed E-state index contributed by atoms with van der Waals surface area (Å²) >= 11 is 0. The minimum atomic E-state index is -0.343. The lowest BCUT2D eigenvalue weighted by Crippen LogP contribution is -2.42. The van der Waals surface area contributed by atoms with Crippen molar-refractivity contribution in [3.05, 3.63) is 76.9 Å². The van der Waals surface area contributed by atoms with Gasteiger partial charge in [-0.25, -0.2) is 4.39 Å². The Labute approximate surface area is 216 Å². The van der Waals surface area contributed by atoms with Gasteiger partial charge in [-0.15, -0.1) is 0 Å². The van der Waals surface area contributed by atoms with Crippen LogP contribution in [0, 0.1) is 18.7 Å². The monoisotopic (exact) mass is 498 g/mol. The standard InChI is InChI=1S/C30H31FN4O2/c1-18-24(30(37)35-13-5-6-21(35)17-32-16-19-11-12-19)14-20(33-18)15-25-28-23(22-7-2-3-9-26(22)31)8-4-10-27(28)34-29(25)36/h2-4,7-10,14-15,19,21,32-33H,5-6,11-13,16-17H2,1H3,(H,34,36)/t21-/m0/s1. The minimum absolute atomic E-state index is 0.0254. The summed E-state index contributed by atoms with van der Waals surface area (Å²) in [6, 6.07) is 14.1. The lowest BCUT2D eigenvalue weighted by molar-refractivity contribution is -0.110. The zero-order chi connectivity index (χ0) is 25.5. The Kier molecular flexibility index (Phi) is 6.16. The van der Waals surface area contributed by atoms with Gasteiger partial charge in [-0.1, -0.05) is 30.3 Å². The zero-order valence-corrected chi connectivity index (χ0v) is 20.9. The van der Waals surface area contributed by atoms with E-state index in [0.717, 1.165) is 44.1 Å². The second-order valence-electron chi connectivity index (χ2n) is 10.4. The number of hydrogen-bond donors (Lipinski definition) is 3. The fourth-order valence-electron chi connectivity index (χ4n) is 5.58. The van der Waals surface area contributed by atoms with Crippen molar-refractivity contribution in [2.75, 3.05) is 25.0 Å². The fourth-order valence-corrected chi connectivity index (χ4v) is 5.58. The van der Waals surface area contributed by atoms with Crippen molar-refractivity contribution in [3.63, 3.8) is 0 Å². The molecule has 1 aliphatic carbocycles. The van der Waals surface area contributed by atoms with Crippen molar-refractivity contribution in [2.45, 2.75) is 38.6 Å². The molecule has 190 valence electrons. The highest BCUT2D eigenvalue weighted by atomic mass is 19.1. The number of likely N-dealkylation sites (tertiary alicyclic amines) is 1. The van der Waals surface area contributed by atoms with E-state index in [1.54, 1.807) is 24.3 Å². The van der Waals surface area contributed by atoms with E-state index in [1.807, 2.05) is 36.1 Å². The Morgan fingerprint density at radius 3 is 2.73 bits per heavy atom. The summed E-state index contributed by atoms with van der Waals surface area (Å²) in [5.41, 5.74) is 4.92. The number of H-pyrrole nitrogens is 1. The summed E-state index contributed by atoms with van der Waals surface area (Å²) < 4.78 is 14.7. The van der Waals surface area contributed by atoms with E-state index < -0.39 is 0 Å². The number of fused-ring (bicyclic) bond motifs is 1. The lowest BCUT2D eigenvalue weighted by Gasteiger charge is -2.25. The van der Waals surface area contributed by atoms with Crippen LogP contribution in [0.25, 0.3) is 22.8 Å². The summed E-state index contributed by atoms with van der Waals surface area (Å²) in [6.07, 6.45) is 6.40. The van der Waals surface area contributed by atoms with Crippen LogP contribution >= 0.6 is 0 Å². The molecule has 0 spiro atoms. The molecule has 3 N–H and O–H groups in total. The molecule has 37 heavy (non-hydrogen) atoms. The van der Waals surface area contributed by atoms with Gasteiger partial charge < -0.3 is 20.5 Å². The SMILES string of the molecule is Cc1[nH]c(C=C2C(=O)Nc3cccc(-c4ccccc4F)c32)cc1C(=O)N1CCC[C@H]1CNCC1CC1. The van der Waals surface area contributed by atoms with Gasteiger partial charge in [0, 0.05) is 47.3 Å². The van der Waals surface area contributed by atoms with Crippen molar-refractivity contribution in [2.24, 2.45) is 5.92 Å². The molecule has 2 fully saturated rings. The number of nitrogens with zero attached hydrogens (tertiary/aromatic N) is 1. The number of amides is 2. The number of aryl methyl sites for hydroxylation is 1. The van der Waals surface area contributed by atoms with Crippen molar-refractivity contribution in [3.8, 4) is 11.1 Å². The molecule has 0 bridgehead atoms. The van der Waals surface area contributed by atoms with Crippen LogP contribution in [-0.2, 0) is 4.79 Å². The molecule has 0 unspecified atom stereocenters. The molecule has 1 aromatic heterocycles. The van der Waals surface area contributed by atoms with E-state index in [0.29, 0.717) is 39.2 Å². The first kappa shape index (κ1) is 23.7. The maximum Gasteiger partial charge on any atom is 0.256 e. The molecule has 3 aromatic rings. The van der Waals surface area contributed by atoms with Gasteiger partial charge in [-0.05, 0) is 74.9 Å². The highest BCUT2D eigenvalue weighted by Crippen LogP contribution is 2.41. The Bertz CT molecular complexity index is 1400. The molecule has 3 heterocycles. The lowest BCUT2D eigenvalue weighted by atomic mass is 9.94. The van der Waals surface area contributed by atoms with E-state index in [-0.39, 0.29) is 23.7 Å². The maximum absolute atomic E-state index is 14.7. The number of anilines is 1. The number of halogens is 1. The van der Waals surface area contributed by atoms with Gasteiger partial charge >= 0.3 is 0 Å². The van der Waals surface area contributed by atoms with Crippen molar-refractivity contribution >= 4 is 29.2 Å². The van der Waals surface area contributed by atoms with E-state index in [9.17, 15) is 14.0 Å². The van der Waals surface area contributed by atoms with Gasteiger partial charge in [-0.3, -0.25) is 9.59 Å². The highest BCUT2D eigenvalue weighted by molar-refractivity contribution is 6.36. The van der Waals surface area contributed by atoms with Crippen LogP contribution in [0.15, 0.2) is 48.5 Å². The van der Waals surface area contributed by atoms with E-state index in [2.05, 4.69) is 15.6 Å². The van der Waals surface area contributed by atoms with Crippen LogP contribution in [0.1, 0.15) is 53.0 Å². The first-order valence-corrected chi connectivity index (χ1v) is 13.1. The number of nitrogens with one attached hydrogen (secondary N) is 3. The first-order valence-electron chi connectivity index (χ1n) is 13.1. The Morgan fingerprint density at radius 2 is 1.92 bits per heavy atom. The smallest absolute Gasteiger partial charge is 0.256 e. The average molecular weight is 499 g/mol. The predicted molar refractivity (Wildman–Crippen MR) is 144 cm³/mol. The third kappa shape index (κ3) is 4.60. The number of carbonyl (C=O) groups excluding carboxylic acids is 2. The average Bonchev–Trinajstić information content (AvgIpc) is 3.31. The summed E-state index contributed by atoms with van der Waals surface area (Å²) in [4.78, 5) is 31.8. The molecular formula is C30H31FN4O2. The Balaban J connectivity index is 1.28. The molecular weight excluding hydrogens is 467 g/mol. The molecule has 7 heteroatoms. The van der Waals surface area contributed by atoms with Gasteiger partial charge in [0.25, 0.3) is 11.8 Å². The van der Waals surface area contributed by atoms with Gasteiger partial charge in [0.05, 0.1) is 11.1 Å². The second kappa shape index (κ2) is 9.63. The maximum atomic E-state index is 14.7. The fraction of sp³-hybridized carbons (Fsp3) is 0.333. The van der Waals surface area contributed by atoms with Gasteiger partial charge in [0.15, 0.2) is 0 Å². The molecule has 0 radical (unpaired) electrons. The highest BCUT2D eigenvalue weighted by Gasteiger charge is 2.32. The third-order valence-electron chi connectivity index (χ3n) is 7.70. The van der Waals surface area contributed by atoms with Gasteiger partial charge in [0.1, 0.15) is 5.82 Å². The Hall–Kier alpha value is -3.71. The Morgan fingerprint density at radius 1 is 1.11 bits per heavy atom. The predicted octanol–water partition coefficient (Wildman–Crippen LogP) is 5.23. The van der Waals surface area contributed by atoms with Crippen molar-refractivity contribution in [1.29, 1.82) is 0 Å². The molecule has 6 rings (SSSR count). The molecule has 6 nitrogen and oxygen atoms in total. The number of aromatic nitrogens is 1. The number of carbonyl (C=O) groups is 2. The zero-order valence-electron chi connectivity index (χ0n) is 20.9. The van der Waals surface area contributed by atoms with E-state index in [1.165, 1.54) is 18.9 Å². The van der Waals surface area contributed by atoms with E-state index in [4.69, 9.17) is 0 Å². The normalized spacial score (nSPS) is 19.9. The molecule has 2 aromatic carbocycles. The van der Waals surface area contributed by atoms with Crippen molar-refractivity contribution in [1.82, 2.24) is 15.2 Å². The van der Waals surface area contributed by atoms with Crippen LogP contribution in [-0.4, -0.2) is 47.4 Å². The second-order valence-corrected chi connectivity index (χ2v) is 10.4. The van der Waals surface area contributed by atoms with E-state index >= 15 is 0 Å². The van der Waals surface area contributed by atoms with Crippen LogP contribution in [0.3, 0.4) is 0 Å². The third-order valence-corrected chi connectivity index (χ3v) is 7.70. The summed E-state index contributed by atoms with van der Waals surface area (Å²) in [6.45, 7) is 4.52. The topological polar surface area (TPSA) is 77.2 Å². The van der Waals surface area contributed by atoms with Crippen LogP contribution in [0.2, 0.25) is 0 Å². The molecule has 3 aliphatic rings. The molecule has 2 aliphatic heterocycles. The summed E-state index contributed by atoms with van der Waals surface area (Å²) in [5.74, 6) is 0.243. The summed E-state index contributed by atoms with van der Waals surface area (Å²) in [5, 5.41) is 6.45. The van der Waals surface area contributed by atoms with Crippen LogP contribution in [0.4, 0.5) is 10.1 Å². The van der Waals surface area contributed by atoms with Crippen molar-refractivity contribution < 1.29 is 14.0 Å². The molecule has 2 amide bonds. The quantitative estimate of drug-likeness (QED) is 0.391. The summed E-state index contributed by atoms with van der Waals surface area (Å²) in [7, 11) is 0. The van der Waals surface area contributed by atoms with Crippen LogP contribution in [0.5, 0.6) is 0 Å². The largest absolute Gasteiger partial charge is 0.358 e. The number of hydrogen-bond acceptors (Lipinski definition) is 3. The van der Waals surface area contributed by atoms with Gasteiger partial charge in [-0.2, -0.15) is 0 Å². The number of rotatable bonds is 7. The first-order chi connectivity index (χ1) is 18.0.